The van der Waals surface area contributed by atoms with E-state index in [0.29, 0.717) is 35.8 Å². The molecule has 0 spiro atoms. The summed E-state index contributed by atoms with van der Waals surface area (Å²) in [5.74, 6) is 6.43. The first kappa shape index (κ1) is 37.5. The Morgan fingerprint density at radius 1 is 1.11 bits per heavy atom. The summed E-state index contributed by atoms with van der Waals surface area (Å²) in [4.78, 5) is 14.6. The molecule has 1 aliphatic heterocycles. The molecule has 11 heteroatoms. The Labute approximate surface area is 281 Å². The lowest BCUT2D eigenvalue weighted by Crippen LogP contribution is -2.66. The SMILES string of the molecule is C=CC(=O)Nc1cc(NC2NCC(Cl)C(Nc3ccccc3P(C)(C)=O)N2CCCCCCCCC)c(OC)cc1C#CCNC. The minimum atomic E-state index is -2.55. The Balaban J connectivity index is 1.96. The number of methoxy groups -OCH3 is 1. The van der Waals surface area contributed by atoms with Gasteiger partial charge in [0.05, 0.1) is 42.1 Å². The summed E-state index contributed by atoms with van der Waals surface area (Å²) >= 11 is 7.03. The third-order valence-electron chi connectivity index (χ3n) is 7.91. The molecule has 0 bridgehead atoms. The molecule has 9 nitrogen and oxygen atoms in total. The molecule has 0 aromatic heterocycles. The second kappa shape index (κ2) is 19.0. The van der Waals surface area contributed by atoms with Gasteiger partial charge in [-0.3, -0.25) is 10.1 Å². The predicted octanol–water partition coefficient (Wildman–Crippen LogP) is 6.04. The van der Waals surface area contributed by atoms with Crippen molar-refractivity contribution in [1.82, 2.24) is 15.5 Å². The molecule has 2 aromatic rings. The van der Waals surface area contributed by atoms with Gasteiger partial charge in [-0.15, -0.1) is 11.6 Å². The highest BCUT2D eigenvalue weighted by atomic mass is 35.5. The normalized spacial score (nSPS) is 18.3. The van der Waals surface area contributed by atoms with Crippen molar-refractivity contribution in [3.8, 4) is 17.6 Å². The van der Waals surface area contributed by atoms with Crippen LogP contribution in [-0.4, -0.2) is 75.8 Å². The number of hydrogen-bond acceptors (Lipinski definition) is 8. The number of anilines is 3. The average molecular weight is 671 g/mol. The van der Waals surface area contributed by atoms with E-state index < -0.39 is 7.14 Å². The van der Waals surface area contributed by atoms with E-state index in [4.69, 9.17) is 16.3 Å². The van der Waals surface area contributed by atoms with E-state index in [1.165, 1.54) is 38.2 Å². The largest absolute Gasteiger partial charge is 0.495 e. The molecular formula is C35H52ClN6O3P. The second-order valence-corrected chi connectivity index (χ2v) is 15.7. The third-order valence-corrected chi connectivity index (χ3v) is 9.85. The number of benzene rings is 2. The average Bonchev–Trinajstić information content (AvgIpc) is 3.03. The molecule has 0 aliphatic carbocycles. The number of carbonyl (C=O) groups is 1. The van der Waals surface area contributed by atoms with Crippen molar-refractivity contribution in [1.29, 1.82) is 0 Å². The topological polar surface area (TPSA) is 107 Å². The summed E-state index contributed by atoms with van der Waals surface area (Å²) in [5.41, 5.74) is 2.69. The van der Waals surface area contributed by atoms with Gasteiger partial charge in [-0.1, -0.05) is 76.0 Å². The summed E-state index contributed by atoms with van der Waals surface area (Å²) in [7, 11) is 0.893. The van der Waals surface area contributed by atoms with Crippen molar-refractivity contribution in [2.24, 2.45) is 0 Å². The standard InChI is InChI=1S/C35H52ClN6O3P/c1-7-9-10-11-12-13-16-22-42-34(40-28-19-14-15-20-32(28)46(5,6)44)27(36)25-38-35(42)41-30-24-29(39-33(43)8-2)26(18-17-21-37-3)23-31(30)45-4/h8,14-15,19-20,23-24,27,34-35,37-38,40-41H,2,7,9-13,16,21-22,25H2,1,3-6H3,(H,39,43). The zero-order valence-electron chi connectivity index (χ0n) is 28.0. The number of rotatable bonds is 17. The lowest BCUT2D eigenvalue weighted by atomic mass is 10.1. The van der Waals surface area contributed by atoms with Gasteiger partial charge in [-0.2, -0.15) is 0 Å². The molecule has 1 fully saturated rings. The maximum Gasteiger partial charge on any atom is 0.247 e. The molecule has 5 N–H and O–H groups in total. The number of amides is 1. The number of carbonyl (C=O) groups excluding carboxylic acids is 1. The van der Waals surface area contributed by atoms with Gasteiger partial charge in [0.2, 0.25) is 5.91 Å². The summed E-state index contributed by atoms with van der Waals surface area (Å²) in [5, 5.41) is 17.3. The Bertz CT molecular complexity index is 1400. The molecule has 46 heavy (non-hydrogen) atoms. The van der Waals surface area contributed by atoms with E-state index in [2.05, 4.69) is 56.8 Å². The van der Waals surface area contributed by atoms with Crippen LogP contribution in [0.2, 0.25) is 0 Å². The van der Waals surface area contributed by atoms with Gasteiger partial charge in [-0.05, 0) is 51.1 Å². The highest BCUT2D eigenvalue weighted by molar-refractivity contribution is 7.70. The highest BCUT2D eigenvalue weighted by Gasteiger charge is 2.37. The van der Waals surface area contributed by atoms with Gasteiger partial charge in [0.15, 0.2) is 0 Å². The van der Waals surface area contributed by atoms with Gasteiger partial charge >= 0.3 is 0 Å². The Hall–Kier alpha value is -2.99. The molecule has 2 aromatic carbocycles. The van der Waals surface area contributed by atoms with Crippen molar-refractivity contribution >= 4 is 47.0 Å². The zero-order chi connectivity index (χ0) is 33.5. The lowest BCUT2D eigenvalue weighted by Gasteiger charge is -2.46. The molecule has 1 amide bonds. The molecule has 3 unspecified atom stereocenters. The van der Waals surface area contributed by atoms with Crippen molar-refractivity contribution in [2.45, 2.75) is 69.7 Å². The molecule has 1 aliphatic rings. The molecular weight excluding hydrogens is 619 g/mol. The first-order valence-electron chi connectivity index (χ1n) is 16.2. The lowest BCUT2D eigenvalue weighted by molar-refractivity contribution is -0.111. The zero-order valence-corrected chi connectivity index (χ0v) is 29.7. The quantitative estimate of drug-likeness (QED) is 0.0457. The predicted molar refractivity (Wildman–Crippen MR) is 195 cm³/mol. The first-order chi connectivity index (χ1) is 22.1. The number of nitrogens with zero attached hydrogens (tertiary/aromatic N) is 1. The number of unbranched alkanes of at least 4 members (excludes halogenated alkanes) is 6. The number of ether oxygens (including phenoxy) is 1. The number of hydrogen-bond donors (Lipinski definition) is 5. The summed E-state index contributed by atoms with van der Waals surface area (Å²) in [6.07, 6.45) is 8.96. The minimum absolute atomic E-state index is 0.258. The molecule has 0 radical (unpaired) electrons. The maximum atomic E-state index is 13.2. The molecule has 1 heterocycles. The summed E-state index contributed by atoms with van der Waals surface area (Å²) < 4.78 is 19.0. The fraction of sp³-hybridized carbons (Fsp3) is 0.514. The molecule has 252 valence electrons. The number of halogens is 1. The number of alkyl halides is 1. The van der Waals surface area contributed by atoms with Gasteiger partial charge < -0.3 is 30.6 Å². The van der Waals surface area contributed by atoms with Crippen LogP contribution in [0.5, 0.6) is 5.75 Å². The van der Waals surface area contributed by atoms with E-state index in [1.807, 2.05) is 43.4 Å². The van der Waals surface area contributed by atoms with Gasteiger partial charge in [0.1, 0.15) is 19.2 Å². The van der Waals surface area contributed by atoms with Crippen LogP contribution in [0, 0.1) is 11.8 Å². The molecule has 3 atom stereocenters. The van der Waals surface area contributed by atoms with Crippen LogP contribution in [0.4, 0.5) is 17.1 Å². The number of nitrogens with one attached hydrogen (secondary N) is 5. The monoisotopic (exact) mass is 670 g/mol. The Morgan fingerprint density at radius 2 is 1.83 bits per heavy atom. The molecule has 0 saturated carbocycles. The van der Waals surface area contributed by atoms with Crippen molar-refractivity contribution in [3.63, 3.8) is 0 Å². The first-order valence-corrected chi connectivity index (χ1v) is 19.3. The van der Waals surface area contributed by atoms with Crippen LogP contribution in [0.3, 0.4) is 0 Å². The van der Waals surface area contributed by atoms with Gasteiger partial charge in [0, 0.05) is 30.1 Å². The maximum absolute atomic E-state index is 13.2. The van der Waals surface area contributed by atoms with Crippen molar-refractivity contribution in [2.75, 3.05) is 63.1 Å². The van der Waals surface area contributed by atoms with Gasteiger partial charge in [0.25, 0.3) is 0 Å². The van der Waals surface area contributed by atoms with Crippen LogP contribution in [-0.2, 0) is 9.36 Å². The van der Waals surface area contributed by atoms with E-state index >= 15 is 0 Å². The third kappa shape index (κ3) is 11.1. The van der Waals surface area contributed by atoms with E-state index in [0.717, 1.165) is 30.4 Å². The van der Waals surface area contributed by atoms with Crippen LogP contribution in [0.25, 0.3) is 0 Å². The number of para-hydroxylation sites is 1. The summed E-state index contributed by atoms with van der Waals surface area (Å²) in [6, 6.07) is 11.4. The van der Waals surface area contributed by atoms with Crippen LogP contribution < -0.4 is 36.6 Å². The fourth-order valence-electron chi connectivity index (χ4n) is 5.50. The second-order valence-electron chi connectivity index (χ2n) is 11.9. The van der Waals surface area contributed by atoms with Gasteiger partial charge in [-0.25, -0.2) is 4.90 Å². The summed E-state index contributed by atoms with van der Waals surface area (Å²) in [6.45, 7) is 11.2. The van der Waals surface area contributed by atoms with Crippen molar-refractivity contribution in [3.05, 3.63) is 54.6 Å². The van der Waals surface area contributed by atoms with E-state index in [-0.39, 0.29) is 23.7 Å². The molecule has 3 rings (SSSR count). The van der Waals surface area contributed by atoms with E-state index in [1.54, 1.807) is 20.4 Å². The smallest absolute Gasteiger partial charge is 0.247 e. The Morgan fingerprint density at radius 3 is 2.50 bits per heavy atom. The minimum Gasteiger partial charge on any atom is -0.495 e. The molecule has 1 saturated heterocycles. The van der Waals surface area contributed by atoms with Crippen LogP contribution in [0.1, 0.15) is 57.4 Å². The fourth-order valence-corrected chi connectivity index (χ4v) is 6.96. The van der Waals surface area contributed by atoms with E-state index in [9.17, 15) is 9.36 Å². The van der Waals surface area contributed by atoms with Crippen LogP contribution in [0.15, 0.2) is 49.1 Å². The highest BCUT2D eigenvalue weighted by Crippen LogP contribution is 2.38. The Kier molecular flexibility index (Phi) is 15.5. The van der Waals surface area contributed by atoms with Crippen molar-refractivity contribution < 1.29 is 14.1 Å². The van der Waals surface area contributed by atoms with Crippen LogP contribution >= 0.6 is 18.7 Å².